The highest BCUT2D eigenvalue weighted by Crippen LogP contribution is 2.11. The molecular weight excluding hydrogens is 188 g/mol. The third-order valence-corrected chi connectivity index (χ3v) is 1.66. The molecule has 0 amide bonds. The maximum Gasteiger partial charge on any atom is 0.124 e. The summed E-state index contributed by atoms with van der Waals surface area (Å²) in [4.78, 5) is 3.78. The molecule has 2 aromatic rings. The minimum absolute atomic E-state index is 0.160. The van der Waals surface area contributed by atoms with Crippen molar-refractivity contribution in [1.29, 1.82) is 5.41 Å². The number of benzene rings is 1. The first-order valence-electron chi connectivity index (χ1n) is 4.48. The monoisotopic (exact) mass is 200 g/mol. The number of phenols is 1. The Balaban J connectivity index is 0.000000162. The Hall–Kier alpha value is -2.16. The van der Waals surface area contributed by atoms with Crippen LogP contribution >= 0.6 is 0 Å². The number of hydrogen-bond acceptors (Lipinski definition) is 3. The summed E-state index contributed by atoms with van der Waals surface area (Å²) >= 11 is 0. The zero-order valence-corrected chi connectivity index (χ0v) is 8.17. The molecule has 0 spiro atoms. The van der Waals surface area contributed by atoms with Gasteiger partial charge in [0.05, 0.1) is 0 Å². The molecule has 1 heterocycles. The van der Waals surface area contributed by atoms with E-state index in [4.69, 9.17) is 10.5 Å². The lowest BCUT2D eigenvalue weighted by molar-refractivity contribution is 0.474. The van der Waals surface area contributed by atoms with E-state index in [0.717, 1.165) is 6.21 Å². The number of aromatic nitrogens is 1. The van der Waals surface area contributed by atoms with E-state index in [1.807, 2.05) is 18.2 Å². The van der Waals surface area contributed by atoms with Gasteiger partial charge in [-0.15, -0.1) is 0 Å². The van der Waals surface area contributed by atoms with Crippen LogP contribution in [0.4, 0.5) is 0 Å². The lowest BCUT2D eigenvalue weighted by Gasteiger charge is -1.92. The SMILES string of the molecule is N=Cc1ccccc1O.c1ccncc1. The van der Waals surface area contributed by atoms with Gasteiger partial charge in [0.1, 0.15) is 5.75 Å². The molecule has 76 valence electrons. The van der Waals surface area contributed by atoms with E-state index in [2.05, 4.69) is 4.98 Å². The van der Waals surface area contributed by atoms with Gasteiger partial charge < -0.3 is 10.5 Å². The molecule has 0 aliphatic heterocycles. The molecule has 0 saturated heterocycles. The van der Waals surface area contributed by atoms with E-state index in [-0.39, 0.29) is 5.75 Å². The molecule has 0 atom stereocenters. The number of nitrogens with one attached hydrogen (secondary N) is 1. The summed E-state index contributed by atoms with van der Waals surface area (Å²) < 4.78 is 0. The fraction of sp³-hybridized carbons (Fsp3) is 0. The fourth-order valence-electron chi connectivity index (χ4n) is 0.922. The van der Waals surface area contributed by atoms with Crippen molar-refractivity contribution in [3.63, 3.8) is 0 Å². The van der Waals surface area contributed by atoms with E-state index in [1.165, 1.54) is 0 Å². The van der Waals surface area contributed by atoms with E-state index < -0.39 is 0 Å². The van der Waals surface area contributed by atoms with Crippen molar-refractivity contribution >= 4 is 6.21 Å². The normalized spacial score (nSPS) is 8.53. The van der Waals surface area contributed by atoms with E-state index in [1.54, 1.807) is 36.7 Å². The van der Waals surface area contributed by atoms with Crippen LogP contribution in [0.1, 0.15) is 5.56 Å². The van der Waals surface area contributed by atoms with Gasteiger partial charge in [-0.25, -0.2) is 0 Å². The van der Waals surface area contributed by atoms with E-state index in [9.17, 15) is 0 Å². The number of phenolic OH excluding ortho intramolecular Hbond substituents is 1. The maximum atomic E-state index is 8.96. The van der Waals surface area contributed by atoms with Gasteiger partial charge in [-0.1, -0.05) is 18.2 Å². The van der Waals surface area contributed by atoms with Crippen molar-refractivity contribution in [3.05, 3.63) is 60.4 Å². The van der Waals surface area contributed by atoms with Crippen molar-refractivity contribution in [3.8, 4) is 5.75 Å². The summed E-state index contributed by atoms with van der Waals surface area (Å²) in [6.45, 7) is 0. The Bertz CT molecular complexity index is 375. The quantitative estimate of drug-likeness (QED) is 0.695. The standard InChI is InChI=1S/C7H7NO.C5H5N/c8-5-6-3-1-2-4-7(6)9;1-2-4-6-5-3-1/h1-5,8-9H;1-5H. The Morgan fingerprint density at radius 2 is 1.67 bits per heavy atom. The highest BCUT2D eigenvalue weighted by atomic mass is 16.3. The van der Waals surface area contributed by atoms with Crippen LogP contribution in [0.2, 0.25) is 0 Å². The Morgan fingerprint density at radius 1 is 1.00 bits per heavy atom. The molecule has 0 aliphatic rings. The van der Waals surface area contributed by atoms with Crippen LogP contribution < -0.4 is 0 Å². The first kappa shape index (κ1) is 10.9. The summed E-state index contributed by atoms with van der Waals surface area (Å²) in [5, 5.41) is 15.8. The Morgan fingerprint density at radius 3 is 2.00 bits per heavy atom. The molecule has 3 heteroatoms. The first-order chi connectivity index (χ1) is 7.34. The van der Waals surface area contributed by atoms with Gasteiger partial charge in [0.2, 0.25) is 0 Å². The summed E-state index contributed by atoms with van der Waals surface area (Å²) in [7, 11) is 0. The summed E-state index contributed by atoms with van der Waals surface area (Å²) in [6, 6.07) is 12.5. The molecule has 3 nitrogen and oxygen atoms in total. The lowest BCUT2D eigenvalue weighted by Crippen LogP contribution is -1.77. The van der Waals surface area contributed by atoms with Gasteiger partial charge in [0.15, 0.2) is 0 Å². The summed E-state index contributed by atoms with van der Waals surface area (Å²) in [5.74, 6) is 0.160. The average molecular weight is 200 g/mol. The molecule has 2 N–H and O–H groups in total. The minimum atomic E-state index is 0.160. The smallest absolute Gasteiger partial charge is 0.124 e. The second-order valence-corrected chi connectivity index (χ2v) is 2.73. The molecule has 1 aromatic carbocycles. The van der Waals surface area contributed by atoms with Gasteiger partial charge in [-0.3, -0.25) is 4.98 Å². The number of rotatable bonds is 1. The molecule has 0 saturated carbocycles. The summed E-state index contributed by atoms with van der Waals surface area (Å²) in [5.41, 5.74) is 0.553. The second-order valence-electron chi connectivity index (χ2n) is 2.73. The van der Waals surface area contributed by atoms with Gasteiger partial charge >= 0.3 is 0 Å². The molecule has 0 aliphatic carbocycles. The van der Waals surface area contributed by atoms with Crippen molar-refractivity contribution < 1.29 is 5.11 Å². The van der Waals surface area contributed by atoms with Crippen LogP contribution in [0.15, 0.2) is 54.9 Å². The third kappa shape index (κ3) is 4.04. The number of aromatic hydroxyl groups is 1. The zero-order chi connectivity index (χ0) is 10.9. The topological polar surface area (TPSA) is 57.0 Å². The fourth-order valence-corrected chi connectivity index (χ4v) is 0.922. The highest BCUT2D eigenvalue weighted by molar-refractivity contribution is 5.80. The number of hydrogen-bond donors (Lipinski definition) is 2. The third-order valence-electron chi connectivity index (χ3n) is 1.66. The Kier molecular flexibility index (Phi) is 4.60. The molecule has 0 bridgehead atoms. The van der Waals surface area contributed by atoms with Crippen LogP contribution in [0.25, 0.3) is 0 Å². The predicted molar refractivity (Wildman–Crippen MR) is 60.2 cm³/mol. The number of nitrogens with zero attached hydrogens (tertiary/aromatic N) is 1. The first-order valence-corrected chi connectivity index (χ1v) is 4.48. The predicted octanol–water partition coefficient (Wildman–Crippen LogP) is 2.47. The lowest BCUT2D eigenvalue weighted by atomic mass is 10.2. The highest BCUT2D eigenvalue weighted by Gasteiger charge is 1.91. The van der Waals surface area contributed by atoms with E-state index >= 15 is 0 Å². The average Bonchev–Trinajstić information content (AvgIpc) is 2.33. The van der Waals surface area contributed by atoms with Gasteiger partial charge in [-0.2, -0.15) is 0 Å². The van der Waals surface area contributed by atoms with Gasteiger partial charge in [0, 0.05) is 24.2 Å². The van der Waals surface area contributed by atoms with Crippen LogP contribution in [0.3, 0.4) is 0 Å². The van der Waals surface area contributed by atoms with E-state index in [0.29, 0.717) is 5.56 Å². The van der Waals surface area contributed by atoms with Crippen molar-refractivity contribution in [2.45, 2.75) is 0 Å². The molecule has 1 aromatic heterocycles. The zero-order valence-electron chi connectivity index (χ0n) is 8.17. The minimum Gasteiger partial charge on any atom is -0.507 e. The van der Waals surface area contributed by atoms with Gasteiger partial charge in [0.25, 0.3) is 0 Å². The molecule has 2 rings (SSSR count). The Labute approximate surface area is 88.6 Å². The van der Waals surface area contributed by atoms with Gasteiger partial charge in [-0.05, 0) is 24.3 Å². The van der Waals surface area contributed by atoms with Crippen molar-refractivity contribution in [2.75, 3.05) is 0 Å². The number of para-hydroxylation sites is 1. The van der Waals surface area contributed by atoms with Crippen LogP contribution in [-0.4, -0.2) is 16.3 Å². The van der Waals surface area contributed by atoms with Crippen molar-refractivity contribution in [1.82, 2.24) is 4.98 Å². The molecule has 0 radical (unpaired) electrons. The second kappa shape index (κ2) is 6.32. The van der Waals surface area contributed by atoms with Crippen molar-refractivity contribution in [2.24, 2.45) is 0 Å². The maximum absolute atomic E-state index is 8.96. The summed E-state index contributed by atoms with van der Waals surface area (Å²) in [6.07, 6.45) is 4.62. The molecular formula is C12H12N2O. The number of pyridine rings is 1. The molecule has 15 heavy (non-hydrogen) atoms. The van der Waals surface area contributed by atoms with Crippen LogP contribution in [-0.2, 0) is 0 Å². The largest absolute Gasteiger partial charge is 0.507 e. The molecule has 0 unspecified atom stereocenters. The molecule has 0 fully saturated rings. The van der Waals surface area contributed by atoms with Crippen LogP contribution in [0, 0.1) is 5.41 Å². The van der Waals surface area contributed by atoms with Crippen LogP contribution in [0.5, 0.6) is 5.75 Å².